The Labute approximate surface area is 183 Å². The van der Waals surface area contributed by atoms with Gasteiger partial charge in [-0.25, -0.2) is 4.39 Å². The SMILES string of the molecule is Cc1ccc(NC(=O)CN2[C@H](Cc3ccccc3)C[C@]3(C)NC(=O)CCC[C@H]23)cc1F. The van der Waals surface area contributed by atoms with Gasteiger partial charge in [0, 0.05) is 24.2 Å². The molecule has 31 heavy (non-hydrogen) atoms. The number of nitrogens with one attached hydrogen (secondary N) is 2. The predicted molar refractivity (Wildman–Crippen MR) is 119 cm³/mol. The fraction of sp³-hybridized carbons (Fsp3) is 0.440. The number of hydrogen-bond donors (Lipinski definition) is 2. The number of likely N-dealkylation sites (tertiary alicyclic amines) is 1. The normalized spacial score (nSPS) is 26.1. The molecule has 2 aromatic rings. The number of halogens is 1. The van der Waals surface area contributed by atoms with Gasteiger partial charge < -0.3 is 10.6 Å². The third-order valence-corrected chi connectivity index (χ3v) is 6.67. The molecule has 2 heterocycles. The number of fused-ring (bicyclic) bond motifs is 1. The molecule has 2 saturated heterocycles. The maximum atomic E-state index is 13.9. The summed E-state index contributed by atoms with van der Waals surface area (Å²) in [4.78, 5) is 27.5. The van der Waals surface area contributed by atoms with E-state index in [2.05, 4.69) is 34.6 Å². The summed E-state index contributed by atoms with van der Waals surface area (Å²) in [5, 5.41) is 6.08. The summed E-state index contributed by atoms with van der Waals surface area (Å²) in [7, 11) is 0. The predicted octanol–water partition coefficient (Wildman–Crippen LogP) is 3.82. The Morgan fingerprint density at radius 3 is 2.77 bits per heavy atom. The van der Waals surface area contributed by atoms with Crippen LogP contribution in [0.15, 0.2) is 48.5 Å². The molecular formula is C25H30FN3O2. The molecule has 4 rings (SSSR count). The first-order valence-electron chi connectivity index (χ1n) is 11.0. The lowest BCUT2D eigenvalue weighted by Crippen LogP contribution is -2.54. The number of nitrogens with zero attached hydrogens (tertiary/aromatic N) is 1. The van der Waals surface area contributed by atoms with Crippen molar-refractivity contribution in [3.05, 3.63) is 65.5 Å². The summed E-state index contributed by atoms with van der Waals surface area (Å²) in [5.41, 5.74) is 1.86. The van der Waals surface area contributed by atoms with Crippen molar-refractivity contribution in [1.82, 2.24) is 10.2 Å². The number of amides is 2. The minimum Gasteiger partial charge on any atom is -0.349 e. The zero-order chi connectivity index (χ0) is 22.0. The van der Waals surface area contributed by atoms with Gasteiger partial charge in [0.05, 0.1) is 12.1 Å². The lowest BCUT2D eigenvalue weighted by molar-refractivity contribution is -0.122. The van der Waals surface area contributed by atoms with E-state index in [1.807, 2.05) is 18.2 Å². The van der Waals surface area contributed by atoms with Gasteiger partial charge in [0.15, 0.2) is 0 Å². The Bertz CT molecular complexity index is 964. The number of benzene rings is 2. The van der Waals surface area contributed by atoms with E-state index < -0.39 is 0 Å². The molecule has 5 nitrogen and oxygen atoms in total. The highest BCUT2D eigenvalue weighted by molar-refractivity contribution is 5.92. The first-order valence-corrected chi connectivity index (χ1v) is 11.0. The van der Waals surface area contributed by atoms with Gasteiger partial charge in [0.2, 0.25) is 11.8 Å². The lowest BCUT2D eigenvalue weighted by Gasteiger charge is -2.34. The van der Waals surface area contributed by atoms with E-state index in [0.29, 0.717) is 17.7 Å². The maximum absolute atomic E-state index is 13.9. The summed E-state index contributed by atoms with van der Waals surface area (Å²) in [5.74, 6) is -0.411. The molecule has 0 spiro atoms. The van der Waals surface area contributed by atoms with Crippen LogP contribution >= 0.6 is 0 Å². The van der Waals surface area contributed by atoms with E-state index in [1.54, 1.807) is 19.1 Å². The molecule has 2 aliphatic rings. The zero-order valence-electron chi connectivity index (χ0n) is 18.2. The van der Waals surface area contributed by atoms with Crippen molar-refractivity contribution in [1.29, 1.82) is 0 Å². The number of rotatable bonds is 5. The Kier molecular flexibility index (Phi) is 6.10. The van der Waals surface area contributed by atoms with Crippen LogP contribution in [0.2, 0.25) is 0 Å². The summed E-state index contributed by atoms with van der Waals surface area (Å²) >= 11 is 0. The molecule has 0 bridgehead atoms. The highest BCUT2D eigenvalue weighted by Crippen LogP contribution is 2.39. The topological polar surface area (TPSA) is 61.4 Å². The Morgan fingerprint density at radius 1 is 1.26 bits per heavy atom. The largest absolute Gasteiger partial charge is 0.349 e. The molecule has 0 aromatic heterocycles. The summed E-state index contributed by atoms with van der Waals surface area (Å²) in [6.07, 6.45) is 3.82. The van der Waals surface area contributed by atoms with Crippen molar-refractivity contribution in [3.63, 3.8) is 0 Å². The zero-order valence-corrected chi connectivity index (χ0v) is 18.2. The first-order chi connectivity index (χ1) is 14.8. The summed E-state index contributed by atoms with van der Waals surface area (Å²) < 4.78 is 13.9. The molecule has 164 valence electrons. The van der Waals surface area contributed by atoms with Crippen molar-refractivity contribution in [2.75, 3.05) is 11.9 Å². The second-order valence-electron chi connectivity index (χ2n) is 9.11. The highest BCUT2D eigenvalue weighted by atomic mass is 19.1. The van der Waals surface area contributed by atoms with Gasteiger partial charge in [-0.05, 0) is 62.8 Å². The molecule has 2 aliphatic heterocycles. The van der Waals surface area contributed by atoms with Crippen LogP contribution in [0, 0.1) is 12.7 Å². The van der Waals surface area contributed by atoms with Gasteiger partial charge in [-0.1, -0.05) is 36.4 Å². The van der Waals surface area contributed by atoms with Crippen LogP contribution in [0.4, 0.5) is 10.1 Å². The summed E-state index contributed by atoms with van der Waals surface area (Å²) in [6.45, 7) is 4.01. The van der Waals surface area contributed by atoms with Crippen molar-refractivity contribution < 1.29 is 14.0 Å². The monoisotopic (exact) mass is 423 g/mol. The van der Waals surface area contributed by atoms with Crippen molar-refractivity contribution in [2.45, 2.75) is 63.6 Å². The first kappa shape index (κ1) is 21.5. The van der Waals surface area contributed by atoms with Crippen LogP contribution in [0.5, 0.6) is 0 Å². The third-order valence-electron chi connectivity index (χ3n) is 6.67. The lowest BCUT2D eigenvalue weighted by atomic mass is 9.89. The number of carbonyl (C=O) groups is 2. The van der Waals surface area contributed by atoms with Gasteiger partial charge in [0.1, 0.15) is 5.82 Å². The quantitative estimate of drug-likeness (QED) is 0.769. The third kappa shape index (κ3) is 4.79. The average molecular weight is 424 g/mol. The van der Waals surface area contributed by atoms with E-state index in [4.69, 9.17) is 0 Å². The molecule has 0 aliphatic carbocycles. The van der Waals surface area contributed by atoms with Gasteiger partial charge in [-0.2, -0.15) is 0 Å². The van der Waals surface area contributed by atoms with Crippen LogP contribution in [-0.2, 0) is 16.0 Å². The Balaban J connectivity index is 1.55. The highest BCUT2D eigenvalue weighted by Gasteiger charge is 2.50. The number of carbonyl (C=O) groups excluding carboxylic acids is 2. The Hall–Kier alpha value is -2.73. The van der Waals surface area contributed by atoms with Crippen LogP contribution in [-0.4, -0.2) is 40.9 Å². The second-order valence-corrected chi connectivity index (χ2v) is 9.11. The number of hydrogen-bond acceptors (Lipinski definition) is 3. The molecule has 0 saturated carbocycles. The molecule has 3 atom stereocenters. The molecule has 2 aromatic carbocycles. The van der Waals surface area contributed by atoms with Crippen LogP contribution in [0.25, 0.3) is 0 Å². The second kappa shape index (κ2) is 8.79. The fourth-order valence-corrected chi connectivity index (χ4v) is 5.17. The van der Waals surface area contributed by atoms with Crippen LogP contribution in [0.1, 0.15) is 43.7 Å². The Morgan fingerprint density at radius 2 is 2.03 bits per heavy atom. The van der Waals surface area contributed by atoms with E-state index in [9.17, 15) is 14.0 Å². The van der Waals surface area contributed by atoms with E-state index in [1.165, 1.54) is 11.6 Å². The number of aryl methyl sites for hydroxylation is 1. The van der Waals surface area contributed by atoms with Gasteiger partial charge >= 0.3 is 0 Å². The van der Waals surface area contributed by atoms with Gasteiger partial charge in [-0.15, -0.1) is 0 Å². The molecule has 2 amide bonds. The molecule has 0 radical (unpaired) electrons. The average Bonchev–Trinajstić information content (AvgIpc) is 2.86. The van der Waals surface area contributed by atoms with Crippen LogP contribution < -0.4 is 10.6 Å². The van der Waals surface area contributed by atoms with E-state index >= 15 is 0 Å². The molecule has 2 N–H and O–H groups in total. The number of anilines is 1. The molecule has 6 heteroatoms. The standard InChI is InChI=1S/C25H30FN3O2/c1-17-11-12-19(14-21(17)26)27-24(31)16-29-20(13-18-7-4-3-5-8-18)15-25(2)22(29)9-6-10-23(30)28-25/h3-5,7-8,11-12,14,20,22H,6,9-10,13,15-16H2,1-2H3,(H,27,31)(H,28,30)/t20-,22+,25+/m1/s1. The molecule has 0 unspecified atom stereocenters. The minimum atomic E-state index is -0.358. The molecular weight excluding hydrogens is 393 g/mol. The van der Waals surface area contributed by atoms with E-state index in [0.717, 1.165) is 25.7 Å². The van der Waals surface area contributed by atoms with Gasteiger partial charge in [-0.3, -0.25) is 14.5 Å². The molecule has 2 fully saturated rings. The van der Waals surface area contributed by atoms with Crippen LogP contribution in [0.3, 0.4) is 0 Å². The van der Waals surface area contributed by atoms with Crippen molar-refractivity contribution >= 4 is 17.5 Å². The fourth-order valence-electron chi connectivity index (χ4n) is 5.17. The maximum Gasteiger partial charge on any atom is 0.238 e. The van der Waals surface area contributed by atoms with Gasteiger partial charge in [0.25, 0.3) is 0 Å². The smallest absolute Gasteiger partial charge is 0.238 e. The van der Waals surface area contributed by atoms with E-state index in [-0.39, 0.29) is 41.8 Å². The summed E-state index contributed by atoms with van der Waals surface area (Å²) in [6, 6.07) is 15.2. The minimum absolute atomic E-state index is 0.0879. The van der Waals surface area contributed by atoms with Crippen molar-refractivity contribution in [3.8, 4) is 0 Å². The van der Waals surface area contributed by atoms with Crippen molar-refractivity contribution in [2.24, 2.45) is 0 Å².